The van der Waals surface area contributed by atoms with Crippen molar-refractivity contribution in [2.75, 3.05) is 0 Å². The number of aromatic nitrogens is 1. The summed E-state index contributed by atoms with van der Waals surface area (Å²) in [5.41, 5.74) is 7.46. The van der Waals surface area contributed by atoms with E-state index >= 15 is 0 Å². The van der Waals surface area contributed by atoms with E-state index in [4.69, 9.17) is 0 Å². The molecule has 1 aromatic heterocycles. The number of allylic oxidation sites excluding steroid dienone is 2. The van der Waals surface area contributed by atoms with Crippen LogP contribution in [0, 0.1) is 20.8 Å². The van der Waals surface area contributed by atoms with Crippen LogP contribution < -0.4 is 0 Å². The van der Waals surface area contributed by atoms with Crippen LogP contribution in [-0.2, 0) is 6.54 Å². The molecule has 0 aliphatic carbocycles. The number of hydrogen-bond donors (Lipinski definition) is 0. The Bertz CT molecular complexity index is 685. The largest absolute Gasteiger partial charge is 0.314 e. The van der Waals surface area contributed by atoms with Gasteiger partial charge in [-0.3, -0.25) is 4.99 Å². The zero-order valence-electron chi connectivity index (χ0n) is 13.1. The molecule has 0 amide bonds. The van der Waals surface area contributed by atoms with Crippen LogP contribution in [0.15, 0.2) is 48.0 Å². The number of aliphatic imine (C=N–C) groups is 1. The maximum absolute atomic E-state index is 3.92. The summed E-state index contributed by atoms with van der Waals surface area (Å²) in [5.74, 6) is 0. The molecule has 0 unspecified atom stereocenters. The Morgan fingerprint density at radius 1 is 1.10 bits per heavy atom. The molecule has 108 valence electrons. The minimum atomic E-state index is 0.659. The first kappa shape index (κ1) is 15.0. The molecule has 2 rings (SSSR count). The predicted octanol–water partition coefficient (Wildman–Crippen LogP) is 4.80. The molecule has 0 spiro atoms. The van der Waals surface area contributed by atoms with Gasteiger partial charge in [-0.05, 0) is 62.4 Å². The van der Waals surface area contributed by atoms with Gasteiger partial charge in [0.05, 0.1) is 6.54 Å². The highest BCUT2D eigenvalue weighted by atomic mass is 15.0. The van der Waals surface area contributed by atoms with Crippen LogP contribution in [-0.4, -0.2) is 11.3 Å². The maximum atomic E-state index is 3.92. The summed E-state index contributed by atoms with van der Waals surface area (Å²) < 4.78 is 2.29. The standard InChI is InChI=1S/C19H22N2/c1-6-7-8-19-15(3)14(2)16(4)21(19)18-11-9-17(10-12-18)13-20-5/h6-12H,1,5,13H2,2-4H3/b8-7-. The van der Waals surface area contributed by atoms with Crippen molar-refractivity contribution in [3.05, 3.63) is 71.1 Å². The van der Waals surface area contributed by atoms with Gasteiger partial charge >= 0.3 is 0 Å². The molecule has 0 N–H and O–H groups in total. The molecule has 1 aromatic carbocycles. The molecule has 0 bridgehead atoms. The van der Waals surface area contributed by atoms with E-state index in [0.717, 1.165) is 0 Å². The van der Waals surface area contributed by atoms with Gasteiger partial charge in [0.25, 0.3) is 0 Å². The SMILES string of the molecule is C=C/C=C\c1c(C)c(C)c(C)n1-c1ccc(CN=C)cc1. The van der Waals surface area contributed by atoms with E-state index in [-0.39, 0.29) is 0 Å². The van der Waals surface area contributed by atoms with E-state index < -0.39 is 0 Å². The first-order chi connectivity index (χ1) is 10.1. The second kappa shape index (κ2) is 6.40. The molecule has 0 aliphatic rings. The fraction of sp³-hybridized carbons (Fsp3) is 0.211. The Morgan fingerprint density at radius 3 is 2.33 bits per heavy atom. The lowest BCUT2D eigenvalue weighted by atomic mass is 10.1. The van der Waals surface area contributed by atoms with E-state index in [1.807, 2.05) is 6.08 Å². The minimum absolute atomic E-state index is 0.659. The fourth-order valence-electron chi connectivity index (χ4n) is 2.55. The molecule has 2 heteroatoms. The summed E-state index contributed by atoms with van der Waals surface area (Å²) in [5, 5.41) is 0. The molecule has 0 saturated heterocycles. The lowest BCUT2D eigenvalue weighted by Gasteiger charge is -2.11. The molecule has 0 fully saturated rings. The van der Waals surface area contributed by atoms with Crippen LogP contribution >= 0.6 is 0 Å². The fourth-order valence-corrected chi connectivity index (χ4v) is 2.55. The quantitative estimate of drug-likeness (QED) is 0.552. The molecule has 0 atom stereocenters. The van der Waals surface area contributed by atoms with Crippen LogP contribution in [0.2, 0.25) is 0 Å². The van der Waals surface area contributed by atoms with Gasteiger partial charge in [-0.15, -0.1) is 0 Å². The van der Waals surface area contributed by atoms with Gasteiger partial charge in [-0.1, -0.05) is 30.9 Å². The molecule has 1 heterocycles. The summed E-state index contributed by atoms with van der Waals surface area (Å²) in [7, 11) is 0. The second-order valence-corrected chi connectivity index (χ2v) is 5.20. The number of benzene rings is 1. The van der Waals surface area contributed by atoms with Crippen LogP contribution in [0.25, 0.3) is 11.8 Å². The molecule has 0 aliphatic heterocycles. The van der Waals surface area contributed by atoms with Gasteiger partial charge < -0.3 is 4.57 Å². The van der Waals surface area contributed by atoms with Gasteiger partial charge in [-0.25, -0.2) is 0 Å². The average molecular weight is 278 g/mol. The Morgan fingerprint density at radius 2 is 1.76 bits per heavy atom. The Hall–Kier alpha value is -2.35. The van der Waals surface area contributed by atoms with E-state index in [9.17, 15) is 0 Å². The van der Waals surface area contributed by atoms with Crippen molar-refractivity contribution in [3.8, 4) is 5.69 Å². The normalized spacial score (nSPS) is 11.0. The summed E-state index contributed by atoms with van der Waals surface area (Å²) in [4.78, 5) is 3.92. The van der Waals surface area contributed by atoms with Crippen molar-refractivity contribution in [2.45, 2.75) is 27.3 Å². The van der Waals surface area contributed by atoms with Crippen molar-refractivity contribution in [2.24, 2.45) is 4.99 Å². The highest BCUT2D eigenvalue weighted by molar-refractivity contribution is 5.60. The monoisotopic (exact) mass is 278 g/mol. The lowest BCUT2D eigenvalue weighted by molar-refractivity contribution is 0.985. The smallest absolute Gasteiger partial charge is 0.0632 e. The third-order valence-electron chi connectivity index (χ3n) is 3.94. The molecule has 2 aromatic rings. The predicted molar refractivity (Wildman–Crippen MR) is 92.5 cm³/mol. The van der Waals surface area contributed by atoms with Crippen molar-refractivity contribution < 1.29 is 0 Å². The van der Waals surface area contributed by atoms with E-state index in [1.165, 1.54) is 33.8 Å². The number of nitrogens with zero attached hydrogens (tertiary/aromatic N) is 2. The van der Waals surface area contributed by atoms with Gasteiger partial charge in [0.15, 0.2) is 0 Å². The Labute approximate surface area is 127 Å². The Kier molecular flexibility index (Phi) is 4.59. The topological polar surface area (TPSA) is 17.3 Å². The van der Waals surface area contributed by atoms with E-state index in [2.05, 4.69) is 74.0 Å². The van der Waals surface area contributed by atoms with E-state index in [1.54, 1.807) is 6.08 Å². The van der Waals surface area contributed by atoms with Crippen LogP contribution in [0.1, 0.15) is 28.1 Å². The second-order valence-electron chi connectivity index (χ2n) is 5.20. The minimum Gasteiger partial charge on any atom is -0.314 e. The maximum Gasteiger partial charge on any atom is 0.0632 e. The highest BCUT2D eigenvalue weighted by Crippen LogP contribution is 2.26. The van der Waals surface area contributed by atoms with Gasteiger partial charge in [0, 0.05) is 17.1 Å². The lowest BCUT2D eigenvalue weighted by Crippen LogP contribution is -1.99. The van der Waals surface area contributed by atoms with Crippen molar-refractivity contribution >= 4 is 12.8 Å². The third kappa shape index (κ3) is 2.89. The molecule has 2 nitrogen and oxygen atoms in total. The summed E-state index contributed by atoms with van der Waals surface area (Å²) >= 11 is 0. The van der Waals surface area contributed by atoms with Crippen molar-refractivity contribution in [1.29, 1.82) is 0 Å². The summed E-state index contributed by atoms with van der Waals surface area (Å²) in [6, 6.07) is 8.49. The molecule has 0 radical (unpaired) electrons. The van der Waals surface area contributed by atoms with Crippen LogP contribution in [0.3, 0.4) is 0 Å². The van der Waals surface area contributed by atoms with Gasteiger partial charge in [0.1, 0.15) is 0 Å². The zero-order valence-corrected chi connectivity index (χ0v) is 13.1. The molecule has 21 heavy (non-hydrogen) atoms. The highest BCUT2D eigenvalue weighted by Gasteiger charge is 2.13. The van der Waals surface area contributed by atoms with Gasteiger partial charge in [-0.2, -0.15) is 0 Å². The molecule has 0 saturated carbocycles. The number of rotatable bonds is 5. The molecular weight excluding hydrogens is 256 g/mol. The average Bonchev–Trinajstić information content (AvgIpc) is 2.70. The van der Waals surface area contributed by atoms with E-state index in [0.29, 0.717) is 6.54 Å². The molecular formula is C19H22N2. The first-order valence-electron chi connectivity index (χ1n) is 7.09. The van der Waals surface area contributed by atoms with Crippen molar-refractivity contribution in [1.82, 2.24) is 4.57 Å². The van der Waals surface area contributed by atoms with Gasteiger partial charge in [0.2, 0.25) is 0 Å². The zero-order chi connectivity index (χ0) is 15.4. The Balaban J connectivity index is 2.56. The first-order valence-corrected chi connectivity index (χ1v) is 7.09. The number of hydrogen-bond acceptors (Lipinski definition) is 1. The summed E-state index contributed by atoms with van der Waals surface area (Å²) in [6.07, 6.45) is 5.90. The van der Waals surface area contributed by atoms with Crippen LogP contribution in [0.5, 0.6) is 0 Å². The van der Waals surface area contributed by atoms with Crippen LogP contribution in [0.4, 0.5) is 0 Å². The summed E-state index contributed by atoms with van der Waals surface area (Å²) in [6.45, 7) is 14.4. The third-order valence-corrected chi connectivity index (χ3v) is 3.94. The van der Waals surface area contributed by atoms with Crippen molar-refractivity contribution in [3.63, 3.8) is 0 Å².